The first-order valence-electron chi connectivity index (χ1n) is 23.3. The Morgan fingerprint density at radius 1 is 1.00 bits per heavy atom. The van der Waals surface area contributed by atoms with E-state index < -0.39 is 35.0 Å². The standard InChI is InChI=1S/C50H62FN7O7S.CH4O/c1-33-43(66-32-53-33)36-15-17-38(30-52-46(60)40-13-10-22-58(40)47(61)44(49(2,3)4)54-48(62)50(51)19-20-50)42(29-36)65-25-8-6-7-21-56(5)31-34-11-9-12-39(27-34)64-26-24-57-23-18-35-14-16-37(28-41(35)57)45(59)55-63;1-2/h9,11-12,14-18,23,27-29,32,40,44,63H,6-8,10,13,19-22,24-26,30-31H2,1-5H3,(H,52,60)(H,54,62)(H,55,59);2H,1H3. The van der Waals surface area contributed by atoms with Gasteiger partial charge in [-0.15, -0.1) is 11.3 Å². The number of nitrogens with zero attached hydrogens (tertiary/aromatic N) is 4. The number of aliphatic hydroxyl groups is 1. The Hall–Kier alpha value is -5.88. The van der Waals surface area contributed by atoms with Crippen molar-refractivity contribution in [2.24, 2.45) is 5.41 Å². The Labute approximate surface area is 402 Å². The van der Waals surface area contributed by atoms with Crippen LogP contribution in [0.5, 0.6) is 11.5 Å². The third kappa shape index (κ3) is 13.2. The van der Waals surface area contributed by atoms with Crippen molar-refractivity contribution in [3.8, 4) is 21.9 Å². The van der Waals surface area contributed by atoms with Crippen molar-refractivity contribution < 1.29 is 43.4 Å². The van der Waals surface area contributed by atoms with E-state index in [4.69, 9.17) is 19.8 Å². The van der Waals surface area contributed by atoms with Gasteiger partial charge in [-0.2, -0.15) is 0 Å². The van der Waals surface area contributed by atoms with Gasteiger partial charge in [-0.3, -0.25) is 24.4 Å². The number of unbranched alkanes of at least 4 members (excludes halogenated alkanes) is 2. The molecule has 2 unspecified atom stereocenters. The monoisotopic (exact) mass is 955 g/mol. The largest absolute Gasteiger partial charge is 0.493 e. The number of carbonyl (C=O) groups is 4. The maximum absolute atomic E-state index is 14.6. The van der Waals surface area contributed by atoms with Gasteiger partial charge >= 0.3 is 0 Å². The molecule has 5 aromatic rings. The lowest BCUT2D eigenvalue weighted by Gasteiger charge is -2.35. The molecular weight excluding hydrogens is 890 g/mol. The van der Waals surface area contributed by atoms with E-state index in [0.29, 0.717) is 50.5 Å². The molecule has 17 heteroatoms. The summed E-state index contributed by atoms with van der Waals surface area (Å²) < 4.78 is 29.2. The number of carbonyl (C=O) groups excluding carboxylic acids is 4. The summed E-state index contributed by atoms with van der Waals surface area (Å²) in [5.41, 5.74) is 6.05. The molecule has 1 aliphatic carbocycles. The van der Waals surface area contributed by atoms with Crippen LogP contribution in [0.15, 0.2) is 78.4 Å². The topological polar surface area (TPSA) is 188 Å². The van der Waals surface area contributed by atoms with Gasteiger partial charge < -0.3 is 39.6 Å². The van der Waals surface area contributed by atoms with Crippen molar-refractivity contribution in [3.63, 3.8) is 0 Å². The van der Waals surface area contributed by atoms with Gasteiger partial charge in [0.15, 0.2) is 5.67 Å². The van der Waals surface area contributed by atoms with E-state index >= 15 is 0 Å². The van der Waals surface area contributed by atoms with E-state index in [2.05, 4.69) is 39.7 Å². The lowest BCUT2D eigenvalue weighted by molar-refractivity contribution is -0.144. The molecule has 3 aromatic carbocycles. The van der Waals surface area contributed by atoms with Gasteiger partial charge in [-0.05, 0) is 124 Å². The number of halogens is 1. The van der Waals surface area contributed by atoms with Crippen LogP contribution in [0.3, 0.4) is 0 Å². The predicted octanol–water partition coefficient (Wildman–Crippen LogP) is 7.20. The van der Waals surface area contributed by atoms with Crippen molar-refractivity contribution in [3.05, 3.63) is 101 Å². The highest BCUT2D eigenvalue weighted by molar-refractivity contribution is 7.13. The zero-order chi connectivity index (χ0) is 49.0. The molecule has 1 saturated carbocycles. The number of benzene rings is 3. The van der Waals surface area contributed by atoms with Crippen molar-refractivity contribution in [2.45, 2.75) is 110 Å². The molecule has 0 spiro atoms. The minimum Gasteiger partial charge on any atom is -0.493 e. The molecule has 2 atom stereocenters. The molecule has 2 aliphatic rings. The fraction of sp³-hybridized carbons (Fsp3) is 0.471. The summed E-state index contributed by atoms with van der Waals surface area (Å²) in [4.78, 5) is 61.6. The maximum Gasteiger partial charge on any atom is 0.274 e. The molecule has 68 heavy (non-hydrogen) atoms. The van der Waals surface area contributed by atoms with Gasteiger partial charge in [0, 0.05) is 49.6 Å². The molecule has 2 fully saturated rings. The number of amides is 4. The van der Waals surface area contributed by atoms with E-state index in [1.165, 1.54) is 4.90 Å². The lowest BCUT2D eigenvalue weighted by atomic mass is 9.85. The molecule has 4 amide bonds. The number of thiazole rings is 1. The number of hydrogen-bond acceptors (Lipinski definition) is 11. The second-order valence-corrected chi connectivity index (χ2v) is 19.5. The zero-order valence-electron chi connectivity index (χ0n) is 40.0. The van der Waals surface area contributed by atoms with Crippen LogP contribution in [0.1, 0.15) is 92.9 Å². The highest BCUT2D eigenvalue weighted by Gasteiger charge is 2.53. The van der Waals surface area contributed by atoms with E-state index in [0.717, 1.165) is 83.4 Å². The predicted molar refractivity (Wildman–Crippen MR) is 260 cm³/mol. The number of nitrogens with one attached hydrogen (secondary N) is 3. The number of likely N-dealkylation sites (tertiary alicyclic amines) is 1. The summed E-state index contributed by atoms with van der Waals surface area (Å²) in [6.45, 7) is 11.2. The number of rotatable bonds is 21. The zero-order valence-corrected chi connectivity index (χ0v) is 40.8. The third-order valence-electron chi connectivity index (χ3n) is 12.4. The number of hydrogen-bond donors (Lipinski definition) is 5. The van der Waals surface area contributed by atoms with Crippen molar-refractivity contribution in [1.82, 2.24) is 35.5 Å². The van der Waals surface area contributed by atoms with Crippen molar-refractivity contribution >= 4 is 45.9 Å². The Morgan fingerprint density at radius 3 is 2.51 bits per heavy atom. The number of ether oxygens (including phenoxy) is 2. The van der Waals surface area contributed by atoms with Crippen molar-refractivity contribution in [1.29, 1.82) is 0 Å². The average molecular weight is 956 g/mol. The molecule has 1 aliphatic heterocycles. The minimum atomic E-state index is -1.91. The van der Waals surface area contributed by atoms with Crippen LogP contribution >= 0.6 is 11.3 Å². The molecule has 0 bridgehead atoms. The normalized spacial score (nSPS) is 15.6. The summed E-state index contributed by atoms with van der Waals surface area (Å²) in [6, 6.07) is 19.7. The van der Waals surface area contributed by atoms with Gasteiger partial charge in [0.05, 0.1) is 29.2 Å². The summed E-state index contributed by atoms with van der Waals surface area (Å²) in [7, 11) is 3.11. The fourth-order valence-corrected chi connectivity index (χ4v) is 9.19. The van der Waals surface area contributed by atoms with Crippen molar-refractivity contribution in [2.75, 3.05) is 40.5 Å². The Balaban J connectivity index is 0.00000376. The number of fused-ring (bicyclic) bond motifs is 1. The van der Waals surface area contributed by atoms with E-state index in [1.807, 2.05) is 86.4 Å². The van der Waals surface area contributed by atoms with Crippen LogP contribution in [0, 0.1) is 12.3 Å². The first-order valence-corrected chi connectivity index (χ1v) is 24.1. The van der Waals surface area contributed by atoms with Gasteiger partial charge in [0.1, 0.15) is 30.2 Å². The van der Waals surface area contributed by atoms with Gasteiger partial charge in [0.2, 0.25) is 11.8 Å². The highest BCUT2D eigenvalue weighted by atomic mass is 32.1. The first-order chi connectivity index (χ1) is 32.6. The molecule has 1 saturated heterocycles. The molecule has 15 nitrogen and oxygen atoms in total. The van der Waals surface area contributed by atoms with Gasteiger partial charge in [-0.1, -0.05) is 51.1 Å². The highest BCUT2D eigenvalue weighted by Crippen LogP contribution is 2.40. The summed E-state index contributed by atoms with van der Waals surface area (Å²) in [5, 5.41) is 22.8. The van der Waals surface area contributed by atoms with E-state index in [9.17, 15) is 23.6 Å². The second-order valence-electron chi connectivity index (χ2n) is 18.6. The number of aromatic nitrogens is 2. The Kier molecular flexibility index (Phi) is 17.7. The summed E-state index contributed by atoms with van der Waals surface area (Å²) in [6.07, 6.45) is 6.18. The lowest BCUT2D eigenvalue weighted by Crippen LogP contribution is -2.58. The van der Waals surface area contributed by atoms with Gasteiger partial charge in [0.25, 0.3) is 11.8 Å². The van der Waals surface area contributed by atoms with Crippen LogP contribution < -0.4 is 25.6 Å². The van der Waals surface area contributed by atoms with Crippen LogP contribution in [0.25, 0.3) is 21.3 Å². The molecule has 2 aromatic heterocycles. The van der Waals surface area contributed by atoms with Crippen LogP contribution in [0.2, 0.25) is 0 Å². The number of aryl methyl sites for hydroxylation is 1. The van der Waals surface area contributed by atoms with Crippen LogP contribution in [-0.2, 0) is 34.0 Å². The average Bonchev–Trinajstić information content (AvgIpc) is 3.64. The molecule has 7 rings (SSSR count). The second kappa shape index (κ2) is 23.4. The molecule has 0 radical (unpaired) electrons. The van der Waals surface area contributed by atoms with Crippen LogP contribution in [0.4, 0.5) is 4.39 Å². The SMILES string of the molecule is CO.Cc1ncsc1-c1ccc(CNC(=O)C2CCCN2C(=O)C(NC(=O)C2(F)CC2)C(C)(C)C)c(OCCCCCN(C)Cc2cccc(OCCn3ccc4ccc(C(=O)NO)cc43)c2)c1. The fourth-order valence-electron chi connectivity index (χ4n) is 8.38. The first kappa shape index (κ1) is 51.5. The maximum atomic E-state index is 14.6. The molecule has 5 N–H and O–H groups in total. The Bertz CT molecular complexity index is 2520. The number of aliphatic hydroxyl groups excluding tert-OH is 1. The molecular formula is C51H66FN7O8S. The summed E-state index contributed by atoms with van der Waals surface area (Å²) in [5.74, 6) is -0.501. The smallest absolute Gasteiger partial charge is 0.274 e. The molecule has 366 valence electrons. The quantitative estimate of drug-likeness (QED) is 0.0286. The third-order valence-corrected chi connectivity index (χ3v) is 13.4. The van der Waals surface area contributed by atoms with E-state index in [1.54, 1.807) is 28.9 Å². The molecule has 3 heterocycles. The van der Waals surface area contributed by atoms with E-state index in [-0.39, 0.29) is 31.2 Å². The minimum absolute atomic E-state index is 0.152. The Morgan fingerprint density at radius 2 is 1.79 bits per heavy atom. The summed E-state index contributed by atoms with van der Waals surface area (Å²) >= 11 is 1.56. The van der Waals surface area contributed by atoms with Gasteiger partial charge in [-0.25, -0.2) is 14.9 Å². The number of alkyl halides is 1. The van der Waals surface area contributed by atoms with Crippen LogP contribution in [-0.4, -0.2) is 112 Å². The number of hydroxylamine groups is 1.